The fourth-order valence-electron chi connectivity index (χ4n) is 3.98. The number of carbonyl (C=O) groups excluding carboxylic acids is 2. The highest BCUT2D eigenvalue weighted by molar-refractivity contribution is 9.10. The van der Waals surface area contributed by atoms with E-state index < -0.39 is 28.5 Å². The monoisotopic (exact) mass is 613 g/mol. The zero-order valence-corrected chi connectivity index (χ0v) is 25.4. The summed E-state index contributed by atoms with van der Waals surface area (Å²) in [4.78, 5) is 28.6. The van der Waals surface area contributed by atoms with Crippen LogP contribution >= 0.6 is 15.9 Å². The molecule has 9 heteroatoms. The Labute approximate surface area is 240 Å². The number of halogens is 1. The van der Waals surface area contributed by atoms with Gasteiger partial charge in [-0.2, -0.15) is 0 Å². The Kier molecular flexibility index (Phi) is 10.3. The largest absolute Gasteiger partial charge is 0.352 e. The van der Waals surface area contributed by atoms with E-state index in [0.717, 1.165) is 31.9 Å². The van der Waals surface area contributed by atoms with Crippen LogP contribution < -0.4 is 9.62 Å². The van der Waals surface area contributed by atoms with Crippen LogP contribution in [0.4, 0.5) is 5.69 Å². The van der Waals surface area contributed by atoms with Crippen molar-refractivity contribution in [2.24, 2.45) is 0 Å². The third kappa shape index (κ3) is 7.92. The molecule has 1 N–H and O–H groups in total. The van der Waals surface area contributed by atoms with E-state index in [-0.39, 0.29) is 23.4 Å². The number of benzene rings is 3. The van der Waals surface area contributed by atoms with E-state index in [1.807, 2.05) is 58.0 Å². The zero-order chi connectivity index (χ0) is 28.7. The fourth-order valence-corrected chi connectivity index (χ4v) is 5.65. The quantitative estimate of drug-likeness (QED) is 0.305. The number of rotatable bonds is 11. The van der Waals surface area contributed by atoms with E-state index in [9.17, 15) is 18.0 Å². The third-order valence-corrected chi connectivity index (χ3v) is 8.93. The number of anilines is 1. The molecule has 0 saturated heterocycles. The second-order valence-electron chi connectivity index (χ2n) is 9.81. The summed E-state index contributed by atoms with van der Waals surface area (Å²) in [5.41, 5.74) is 2.98. The van der Waals surface area contributed by atoms with Gasteiger partial charge in [0.25, 0.3) is 10.0 Å². The van der Waals surface area contributed by atoms with Gasteiger partial charge in [-0.15, -0.1) is 0 Å². The second kappa shape index (κ2) is 13.3. The van der Waals surface area contributed by atoms with Crippen molar-refractivity contribution in [3.05, 3.63) is 94.0 Å². The molecule has 0 bridgehead atoms. The molecule has 0 spiro atoms. The molecule has 0 aliphatic rings. The van der Waals surface area contributed by atoms with Crippen LogP contribution in [0.1, 0.15) is 43.9 Å². The molecule has 3 aromatic rings. The van der Waals surface area contributed by atoms with Gasteiger partial charge in [0, 0.05) is 17.1 Å². The van der Waals surface area contributed by atoms with E-state index >= 15 is 0 Å². The first-order valence-electron chi connectivity index (χ1n) is 12.9. The first-order chi connectivity index (χ1) is 18.4. The summed E-state index contributed by atoms with van der Waals surface area (Å²) >= 11 is 3.42. The highest BCUT2D eigenvalue weighted by Gasteiger charge is 2.32. The standard InChI is InChI=1S/C30H36BrN3O4S/c1-6-23(4)32-30(36)24(5)33(19-25-12-14-26(31)15-13-25)29(35)20-34(27-9-7-8-22(3)18-27)39(37,38)28-16-10-21(2)11-17-28/h7-18,23-24H,6,19-20H2,1-5H3,(H,32,36). The van der Waals surface area contributed by atoms with Crippen molar-refractivity contribution < 1.29 is 18.0 Å². The predicted molar refractivity (Wildman–Crippen MR) is 159 cm³/mol. The van der Waals surface area contributed by atoms with Gasteiger partial charge in [-0.1, -0.05) is 64.8 Å². The normalized spacial score (nSPS) is 12.9. The summed E-state index contributed by atoms with van der Waals surface area (Å²) in [5.74, 6) is -0.778. The molecule has 0 aliphatic carbocycles. The van der Waals surface area contributed by atoms with E-state index in [1.165, 1.54) is 4.90 Å². The molecule has 0 fully saturated rings. The summed E-state index contributed by atoms with van der Waals surface area (Å²) in [6, 6.07) is 20.1. The summed E-state index contributed by atoms with van der Waals surface area (Å²) in [5, 5.41) is 2.94. The van der Waals surface area contributed by atoms with Crippen LogP contribution in [0.2, 0.25) is 0 Å². The number of carbonyl (C=O) groups is 2. The maximum atomic E-state index is 13.9. The number of nitrogens with zero attached hydrogens (tertiary/aromatic N) is 2. The minimum absolute atomic E-state index is 0.0599. The Hall–Kier alpha value is -3.17. The molecular weight excluding hydrogens is 578 g/mol. The Balaban J connectivity index is 2.02. The highest BCUT2D eigenvalue weighted by Crippen LogP contribution is 2.26. The van der Waals surface area contributed by atoms with E-state index in [1.54, 1.807) is 49.4 Å². The van der Waals surface area contributed by atoms with Gasteiger partial charge in [0.15, 0.2) is 0 Å². The average molecular weight is 615 g/mol. The van der Waals surface area contributed by atoms with E-state index in [4.69, 9.17) is 0 Å². The first kappa shape index (κ1) is 30.4. The molecule has 208 valence electrons. The van der Waals surface area contributed by atoms with Gasteiger partial charge in [-0.05, 0) is 81.6 Å². The Morgan fingerprint density at radius 2 is 1.56 bits per heavy atom. The van der Waals surface area contributed by atoms with Crippen molar-refractivity contribution in [3.8, 4) is 0 Å². The van der Waals surface area contributed by atoms with Crippen molar-refractivity contribution in [2.45, 2.75) is 64.6 Å². The molecular formula is C30H36BrN3O4S. The molecule has 0 saturated carbocycles. The lowest BCUT2D eigenvalue weighted by atomic mass is 10.1. The van der Waals surface area contributed by atoms with Crippen molar-refractivity contribution in [1.29, 1.82) is 0 Å². The number of amides is 2. The summed E-state index contributed by atoms with van der Waals surface area (Å²) in [6.45, 7) is 8.97. The maximum absolute atomic E-state index is 13.9. The molecule has 2 atom stereocenters. The molecule has 2 unspecified atom stereocenters. The zero-order valence-electron chi connectivity index (χ0n) is 23.0. The fraction of sp³-hybridized carbons (Fsp3) is 0.333. The first-order valence-corrected chi connectivity index (χ1v) is 15.2. The highest BCUT2D eigenvalue weighted by atomic mass is 79.9. The second-order valence-corrected chi connectivity index (χ2v) is 12.6. The lowest BCUT2D eigenvalue weighted by molar-refractivity contribution is -0.139. The predicted octanol–water partition coefficient (Wildman–Crippen LogP) is 5.59. The van der Waals surface area contributed by atoms with Crippen molar-refractivity contribution in [1.82, 2.24) is 10.2 Å². The van der Waals surface area contributed by atoms with Crippen LogP contribution in [0.5, 0.6) is 0 Å². The van der Waals surface area contributed by atoms with Gasteiger partial charge in [0.05, 0.1) is 10.6 Å². The molecule has 0 aliphatic heterocycles. The van der Waals surface area contributed by atoms with Gasteiger partial charge in [0.1, 0.15) is 12.6 Å². The van der Waals surface area contributed by atoms with Crippen molar-refractivity contribution >= 4 is 43.5 Å². The lowest BCUT2D eigenvalue weighted by Gasteiger charge is -2.32. The van der Waals surface area contributed by atoms with Gasteiger partial charge in [-0.25, -0.2) is 8.42 Å². The molecule has 2 amide bonds. The van der Waals surface area contributed by atoms with E-state index in [2.05, 4.69) is 21.2 Å². The summed E-state index contributed by atoms with van der Waals surface area (Å²) in [6.07, 6.45) is 0.745. The van der Waals surface area contributed by atoms with Crippen LogP contribution in [0.15, 0.2) is 82.2 Å². The molecule has 0 aromatic heterocycles. The summed E-state index contributed by atoms with van der Waals surface area (Å²) in [7, 11) is -4.08. The van der Waals surface area contributed by atoms with Crippen LogP contribution in [0, 0.1) is 13.8 Å². The van der Waals surface area contributed by atoms with Gasteiger partial charge < -0.3 is 10.2 Å². The number of sulfonamides is 1. The Morgan fingerprint density at radius 3 is 2.15 bits per heavy atom. The molecule has 7 nitrogen and oxygen atoms in total. The molecule has 3 aromatic carbocycles. The minimum atomic E-state index is -4.08. The Morgan fingerprint density at radius 1 is 0.923 bits per heavy atom. The molecule has 3 rings (SSSR count). The van der Waals surface area contributed by atoms with Gasteiger partial charge in [-0.3, -0.25) is 13.9 Å². The van der Waals surface area contributed by atoms with E-state index in [0.29, 0.717) is 5.69 Å². The smallest absolute Gasteiger partial charge is 0.264 e. The number of aryl methyl sites for hydroxylation is 2. The summed E-state index contributed by atoms with van der Waals surface area (Å²) < 4.78 is 29.8. The number of nitrogens with one attached hydrogen (secondary N) is 1. The molecule has 0 radical (unpaired) electrons. The van der Waals surface area contributed by atoms with Crippen molar-refractivity contribution in [3.63, 3.8) is 0 Å². The average Bonchev–Trinajstić information content (AvgIpc) is 2.90. The topological polar surface area (TPSA) is 86.8 Å². The lowest BCUT2D eigenvalue weighted by Crippen LogP contribution is -2.52. The van der Waals surface area contributed by atoms with Gasteiger partial charge in [0.2, 0.25) is 11.8 Å². The SMILES string of the molecule is CCC(C)NC(=O)C(C)N(Cc1ccc(Br)cc1)C(=O)CN(c1cccc(C)c1)S(=O)(=O)c1ccc(C)cc1. The van der Waals surface area contributed by atoms with Crippen LogP contribution in [0.25, 0.3) is 0 Å². The van der Waals surface area contributed by atoms with Gasteiger partial charge >= 0.3 is 0 Å². The number of hydrogen-bond acceptors (Lipinski definition) is 4. The molecule has 39 heavy (non-hydrogen) atoms. The minimum Gasteiger partial charge on any atom is -0.352 e. The third-order valence-electron chi connectivity index (χ3n) is 6.61. The van der Waals surface area contributed by atoms with Crippen LogP contribution in [-0.2, 0) is 26.2 Å². The van der Waals surface area contributed by atoms with Crippen LogP contribution in [-0.4, -0.2) is 43.8 Å². The molecule has 0 heterocycles. The number of hydrogen-bond donors (Lipinski definition) is 1. The maximum Gasteiger partial charge on any atom is 0.264 e. The Bertz CT molecular complexity index is 1390. The van der Waals surface area contributed by atoms with Crippen LogP contribution in [0.3, 0.4) is 0 Å². The van der Waals surface area contributed by atoms with Crippen molar-refractivity contribution in [2.75, 3.05) is 10.8 Å².